The molecule has 0 atom stereocenters. The van der Waals surface area contributed by atoms with Gasteiger partial charge in [0.05, 0.1) is 0 Å². The van der Waals surface area contributed by atoms with Gasteiger partial charge in [0.25, 0.3) is 0 Å². The molecule has 0 spiro atoms. The smallest absolute Gasteiger partial charge is 0.216 e. The van der Waals surface area contributed by atoms with E-state index in [9.17, 15) is 4.79 Å². The fourth-order valence-corrected chi connectivity index (χ4v) is 2.18. The van der Waals surface area contributed by atoms with Gasteiger partial charge >= 0.3 is 0 Å². The van der Waals surface area contributed by atoms with Crippen LogP contribution in [0.15, 0.2) is 18.2 Å². The van der Waals surface area contributed by atoms with Gasteiger partial charge in [-0.05, 0) is 38.0 Å². The zero-order valence-corrected chi connectivity index (χ0v) is 10.6. The van der Waals surface area contributed by atoms with Crippen LogP contribution >= 0.6 is 0 Å². The zero-order chi connectivity index (χ0) is 12.4. The molecule has 1 aromatic heterocycles. The third kappa shape index (κ3) is 2.49. The molecule has 0 aliphatic heterocycles. The standard InChI is InChI=1S/C14H18N2O/c1-9-4-5-14-13(8-9)12(10(2)16-14)6-7-15-11(3)17/h4-5,8,16H,6-7H2,1-3H3,(H,15,17). The average molecular weight is 230 g/mol. The number of nitrogens with one attached hydrogen (secondary N) is 2. The van der Waals surface area contributed by atoms with E-state index < -0.39 is 0 Å². The Morgan fingerprint density at radius 3 is 2.82 bits per heavy atom. The zero-order valence-electron chi connectivity index (χ0n) is 10.6. The molecule has 0 unspecified atom stereocenters. The van der Waals surface area contributed by atoms with Crippen molar-refractivity contribution in [1.29, 1.82) is 0 Å². The second kappa shape index (κ2) is 4.62. The highest BCUT2D eigenvalue weighted by molar-refractivity contribution is 5.85. The molecule has 0 saturated carbocycles. The Labute approximate surface area is 101 Å². The first-order valence-electron chi connectivity index (χ1n) is 5.90. The van der Waals surface area contributed by atoms with Crippen molar-refractivity contribution in [3.63, 3.8) is 0 Å². The molecule has 0 saturated heterocycles. The Morgan fingerprint density at radius 2 is 2.12 bits per heavy atom. The summed E-state index contributed by atoms with van der Waals surface area (Å²) >= 11 is 0. The molecule has 1 amide bonds. The summed E-state index contributed by atoms with van der Waals surface area (Å²) in [6, 6.07) is 6.41. The van der Waals surface area contributed by atoms with Crippen LogP contribution in [0.5, 0.6) is 0 Å². The number of H-pyrrole nitrogens is 1. The van der Waals surface area contributed by atoms with Gasteiger partial charge < -0.3 is 10.3 Å². The summed E-state index contributed by atoms with van der Waals surface area (Å²) < 4.78 is 0. The van der Waals surface area contributed by atoms with E-state index in [-0.39, 0.29) is 5.91 Å². The van der Waals surface area contributed by atoms with Gasteiger partial charge in [-0.1, -0.05) is 11.6 Å². The van der Waals surface area contributed by atoms with Crippen molar-refractivity contribution in [1.82, 2.24) is 10.3 Å². The van der Waals surface area contributed by atoms with E-state index in [0.717, 1.165) is 6.42 Å². The number of hydrogen-bond acceptors (Lipinski definition) is 1. The third-order valence-corrected chi connectivity index (χ3v) is 3.02. The minimum atomic E-state index is 0.0266. The van der Waals surface area contributed by atoms with E-state index in [1.807, 2.05) is 0 Å². The van der Waals surface area contributed by atoms with E-state index in [4.69, 9.17) is 0 Å². The molecule has 0 aliphatic rings. The molecule has 0 aliphatic carbocycles. The predicted molar refractivity (Wildman–Crippen MR) is 70.2 cm³/mol. The molecule has 0 radical (unpaired) electrons. The van der Waals surface area contributed by atoms with Crippen LogP contribution < -0.4 is 5.32 Å². The van der Waals surface area contributed by atoms with Gasteiger partial charge in [-0.2, -0.15) is 0 Å². The molecule has 3 nitrogen and oxygen atoms in total. The van der Waals surface area contributed by atoms with E-state index >= 15 is 0 Å². The summed E-state index contributed by atoms with van der Waals surface area (Å²) in [5.41, 5.74) is 4.93. The summed E-state index contributed by atoms with van der Waals surface area (Å²) in [6.45, 7) is 6.42. The van der Waals surface area contributed by atoms with Crippen LogP contribution in [-0.4, -0.2) is 17.4 Å². The number of carbonyl (C=O) groups excluding carboxylic acids is 1. The average Bonchev–Trinajstić information content (AvgIpc) is 2.55. The van der Waals surface area contributed by atoms with Gasteiger partial charge in [0.15, 0.2) is 0 Å². The minimum Gasteiger partial charge on any atom is -0.358 e. The molecule has 17 heavy (non-hydrogen) atoms. The monoisotopic (exact) mass is 230 g/mol. The van der Waals surface area contributed by atoms with Crippen molar-refractivity contribution < 1.29 is 4.79 Å². The Morgan fingerprint density at radius 1 is 1.35 bits per heavy atom. The van der Waals surface area contributed by atoms with Gasteiger partial charge in [0, 0.05) is 30.1 Å². The first kappa shape index (κ1) is 11.7. The van der Waals surface area contributed by atoms with Gasteiger partial charge in [-0.15, -0.1) is 0 Å². The number of aromatic nitrogens is 1. The molecule has 2 rings (SSSR count). The topological polar surface area (TPSA) is 44.9 Å². The summed E-state index contributed by atoms with van der Waals surface area (Å²) in [4.78, 5) is 14.2. The van der Waals surface area contributed by atoms with Crippen molar-refractivity contribution in [2.75, 3.05) is 6.54 Å². The Bertz CT molecular complexity index is 555. The van der Waals surface area contributed by atoms with Gasteiger partial charge in [0.2, 0.25) is 5.91 Å². The molecule has 2 N–H and O–H groups in total. The van der Waals surface area contributed by atoms with E-state index in [2.05, 4.69) is 42.3 Å². The predicted octanol–water partition coefficient (Wildman–Crippen LogP) is 2.46. The number of carbonyl (C=O) groups is 1. The lowest BCUT2D eigenvalue weighted by atomic mass is 10.1. The van der Waals surface area contributed by atoms with Crippen molar-refractivity contribution in [2.45, 2.75) is 27.2 Å². The second-order valence-electron chi connectivity index (χ2n) is 4.51. The van der Waals surface area contributed by atoms with Crippen LogP contribution in [-0.2, 0) is 11.2 Å². The maximum atomic E-state index is 10.9. The molecule has 1 aromatic carbocycles. The normalized spacial score (nSPS) is 10.8. The lowest BCUT2D eigenvalue weighted by Gasteiger charge is -2.03. The highest BCUT2D eigenvalue weighted by Crippen LogP contribution is 2.23. The summed E-state index contributed by atoms with van der Waals surface area (Å²) in [7, 11) is 0. The van der Waals surface area contributed by atoms with E-state index in [1.54, 1.807) is 6.92 Å². The van der Waals surface area contributed by atoms with E-state index in [1.165, 1.54) is 27.7 Å². The van der Waals surface area contributed by atoms with Crippen molar-refractivity contribution in [3.05, 3.63) is 35.0 Å². The lowest BCUT2D eigenvalue weighted by Crippen LogP contribution is -2.22. The molecule has 0 bridgehead atoms. The number of amides is 1. The number of aryl methyl sites for hydroxylation is 2. The second-order valence-corrected chi connectivity index (χ2v) is 4.51. The Balaban J connectivity index is 2.28. The van der Waals surface area contributed by atoms with Gasteiger partial charge in [-0.3, -0.25) is 4.79 Å². The highest BCUT2D eigenvalue weighted by atomic mass is 16.1. The number of hydrogen-bond donors (Lipinski definition) is 2. The maximum Gasteiger partial charge on any atom is 0.216 e. The summed E-state index contributed by atoms with van der Waals surface area (Å²) in [5.74, 6) is 0.0266. The van der Waals surface area contributed by atoms with Crippen molar-refractivity contribution >= 4 is 16.8 Å². The highest BCUT2D eigenvalue weighted by Gasteiger charge is 2.08. The number of fused-ring (bicyclic) bond motifs is 1. The fourth-order valence-electron chi connectivity index (χ4n) is 2.18. The molecule has 90 valence electrons. The molecule has 2 aromatic rings. The SMILES string of the molecule is CC(=O)NCCc1c(C)[nH]c2ccc(C)cc12. The summed E-state index contributed by atoms with van der Waals surface area (Å²) in [5, 5.41) is 4.11. The van der Waals surface area contributed by atoms with Crippen molar-refractivity contribution in [2.24, 2.45) is 0 Å². The van der Waals surface area contributed by atoms with Crippen LogP contribution in [0.1, 0.15) is 23.7 Å². The van der Waals surface area contributed by atoms with Crippen LogP contribution in [0.4, 0.5) is 0 Å². The van der Waals surface area contributed by atoms with Crippen LogP contribution in [0.3, 0.4) is 0 Å². The molecular formula is C14H18N2O. The number of rotatable bonds is 3. The maximum absolute atomic E-state index is 10.9. The van der Waals surface area contributed by atoms with Gasteiger partial charge in [-0.25, -0.2) is 0 Å². The van der Waals surface area contributed by atoms with Crippen molar-refractivity contribution in [3.8, 4) is 0 Å². The lowest BCUT2D eigenvalue weighted by molar-refractivity contribution is -0.118. The third-order valence-electron chi connectivity index (χ3n) is 3.02. The largest absolute Gasteiger partial charge is 0.358 e. The Hall–Kier alpha value is -1.77. The number of benzene rings is 1. The van der Waals surface area contributed by atoms with Crippen LogP contribution in [0, 0.1) is 13.8 Å². The van der Waals surface area contributed by atoms with Gasteiger partial charge in [0.1, 0.15) is 0 Å². The molecule has 1 heterocycles. The quantitative estimate of drug-likeness (QED) is 0.836. The molecule has 3 heteroatoms. The molecule has 0 fully saturated rings. The number of aromatic amines is 1. The molecular weight excluding hydrogens is 212 g/mol. The Kier molecular flexibility index (Phi) is 3.18. The minimum absolute atomic E-state index is 0.0266. The first-order chi connectivity index (χ1) is 8.08. The fraction of sp³-hybridized carbons (Fsp3) is 0.357. The van der Waals surface area contributed by atoms with E-state index in [0.29, 0.717) is 6.54 Å². The summed E-state index contributed by atoms with van der Waals surface area (Å²) in [6.07, 6.45) is 0.870. The van der Waals surface area contributed by atoms with Crippen LogP contribution in [0.2, 0.25) is 0 Å². The first-order valence-corrected chi connectivity index (χ1v) is 5.90. The van der Waals surface area contributed by atoms with Crippen LogP contribution in [0.25, 0.3) is 10.9 Å².